The molecule has 0 aliphatic carbocycles. The van der Waals surface area contributed by atoms with Gasteiger partial charge in [0.2, 0.25) is 0 Å². The van der Waals surface area contributed by atoms with Gasteiger partial charge in [0.25, 0.3) is 11.4 Å². The lowest BCUT2D eigenvalue weighted by atomic mass is 10.1. The van der Waals surface area contributed by atoms with Gasteiger partial charge in [-0.3, -0.25) is 25.3 Å². The van der Waals surface area contributed by atoms with Crippen LogP contribution in [0.2, 0.25) is 0 Å². The van der Waals surface area contributed by atoms with Crippen LogP contribution in [0.1, 0.15) is 23.1 Å². The topological polar surface area (TPSA) is 124 Å². The van der Waals surface area contributed by atoms with Crippen LogP contribution in [0.15, 0.2) is 54.6 Å². The minimum absolute atomic E-state index is 0.0811. The van der Waals surface area contributed by atoms with Gasteiger partial charge >= 0.3 is 0 Å². The molecule has 0 fully saturated rings. The number of nitro benzene ring substituents is 2. The van der Waals surface area contributed by atoms with E-state index in [2.05, 4.69) is 10.2 Å². The van der Waals surface area contributed by atoms with Crippen LogP contribution in [0.25, 0.3) is 0 Å². The zero-order valence-corrected chi connectivity index (χ0v) is 13.7. The lowest BCUT2D eigenvalue weighted by Gasteiger charge is -2.17. The number of aryl methyl sites for hydroxylation is 1. The maximum Gasteiger partial charge on any atom is 0.273 e. The van der Waals surface area contributed by atoms with Gasteiger partial charge in [0, 0.05) is 29.5 Å². The van der Waals surface area contributed by atoms with Crippen LogP contribution in [-0.2, 0) is 0 Å². The molecular formula is C17H14N4O5. The number of aromatic nitrogens is 2. The van der Waals surface area contributed by atoms with Gasteiger partial charge in [0.15, 0.2) is 6.10 Å². The van der Waals surface area contributed by atoms with Gasteiger partial charge in [-0.05, 0) is 19.1 Å². The van der Waals surface area contributed by atoms with Crippen molar-refractivity contribution in [2.75, 3.05) is 0 Å². The lowest BCUT2D eigenvalue weighted by molar-refractivity contribution is -0.385. The second kappa shape index (κ2) is 7.01. The molecule has 1 aromatic heterocycles. The van der Waals surface area contributed by atoms with Crippen molar-refractivity contribution in [2.45, 2.75) is 13.0 Å². The molecule has 3 rings (SSSR count). The first-order chi connectivity index (χ1) is 12.4. The van der Waals surface area contributed by atoms with Gasteiger partial charge < -0.3 is 4.74 Å². The minimum atomic E-state index is -0.762. The number of H-pyrrole nitrogens is 1. The molecular weight excluding hydrogens is 340 g/mol. The number of hydrogen-bond donors (Lipinski definition) is 1. The summed E-state index contributed by atoms with van der Waals surface area (Å²) in [6, 6.07) is 13.5. The van der Waals surface area contributed by atoms with Crippen molar-refractivity contribution < 1.29 is 14.6 Å². The summed E-state index contributed by atoms with van der Waals surface area (Å²) in [6.07, 6.45) is -0.762. The van der Waals surface area contributed by atoms with E-state index in [0.717, 1.165) is 5.69 Å². The van der Waals surface area contributed by atoms with E-state index < -0.39 is 16.0 Å². The van der Waals surface area contributed by atoms with E-state index >= 15 is 0 Å². The third-order valence-electron chi connectivity index (χ3n) is 3.66. The Hall–Kier alpha value is -3.75. The molecule has 1 N–H and O–H groups in total. The highest BCUT2D eigenvalue weighted by molar-refractivity contribution is 5.41. The predicted octanol–water partition coefficient (Wildman–Crippen LogP) is 3.70. The molecule has 132 valence electrons. The van der Waals surface area contributed by atoms with E-state index in [9.17, 15) is 20.2 Å². The van der Waals surface area contributed by atoms with E-state index in [1.54, 1.807) is 24.3 Å². The molecule has 1 unspecified atom stereocenters. The molecule has 2 aromatic carbocycles. The van der Waals surface area contributed by atoms with Gasteiger partial charge in [-0.1, -0.05) is 18.2 Å². The smallest absolute Gasteiger partial charge is 0.273 e. The highest BCUT2D eigenvalue weighted by Gasteiger charge is 2.22. The van der Waals surface area contributed by atoms with Crippen LogP contribution in [0.3, 0.4) is 0 Å². The van der Waals surface area contributed by atoms with Crippen molar-refractivity contribution >= 4 is 11.4 Å². The summed E-state index contributed by atoms with van der Waals surface area (Å²) in [7, 11) is 0. The number of nitro groups is 2. The fourth-order valence-corrected chi connectivity index (χ4v) is 2.48. The van der Waals surface area contributed by atoms with Crippen LogP contribution in [-0.4, -0.2) is 20.0 Å². The summed E-state index contributed by atoms with van der Waals surface area (Å²) in [4.78, 5) is 21.0. The molecule has 0 spiro atoms. The SMILES string of the molecule is Cc1cc(C(Oc2cccc([N+](=O)[O-])c2)c2cccc([N+](=O)[O-])c2)n[nH]1. The summed E-state index contributed by atoms with van der Waals surface area (Å²) in [5, 5.41) is 29.0. The average molecular weight is 354 g/mol. The average Bonchev–Trinajstić information content (AvgIpc) is 3.06. The Kier molecular flexibility index (Phi) is 4.61. The Morgan fingerprint density at radius 1 is 1.00 bits per heavy atom. The maximum atomic E-state index is 11.1. The van der Waals surface area contributed by atoms with E-state index in [1.165, 1.54) is 30.3 Å². The van der Waals surface area contributed by atoms with Crippen molar-refractivity contribution in [3.8, 4) is 5.75 Å². The van der Waals surface area contributed by atoms with Crippen molar-refractivity contribution in [3.05, 3.63) is 91.8 Å². The standard InChI is InChI=1S/C17H14N4O5/c1-11-8-16(19-18-11)17(12-4-2-5-13(9-12)20(22)23)26-15-7-3-6-14(10-15)21(24)25/h2-10,17H,1H3,(H,18,19). The highest BCUT2D eigenvalue weighted by Crippen LogP contribution is 2.31. The number of nitrogens with one attached hydrogen (secondary N) is 1. The molecule has 1 atom stereocenters. The van der Waals surface area contributed by atoms with Crippen LogP contribution >= 0.6 is 0 Å². The molecule has 0 bridgehead atoms. The minimum Gasteiger partial charge on any atom is -0.479 e. The van der Waals surface area contributed by atoms with Crippen molar-refractivity contribution in [2.24, 2.45) is 0 Å². The van der Waals surface area contributed by atoms with E-state index in [1.807, 2.05) is 6.92 Å². The van der Waals surface area contributed by atoms with Gasteiger partial charge in [0.05, 0.1) is 15.9 Å². The monoisotopic (exact) mass is 354 g/mol. The molecule has 0 saturated carbocycles. The fraction of sp³-hybridized carbons (Fsp3) is 0.118. The van der Waals surface area contributed by atoms with Crippen LogP contribution < -0.4 is 4.74 Å². The summed E-state index contributed by atoms with van der Waals surface area (Å²) in [6.45, 7) is 1.81. The third kappa shape index (κ3) is 3.66. The van der Waals surface area contributed by atoms with Crippen LogP contribution in [0, 0.1) is 27.2 Å². The number of benzene rings is 2. The van der Waals surface area contributed by atoms with Crippen LogP contribution in [0.4, 0.5) is 11.4 Å². The Morgan fingerprint density at radius 3 is 2.27 bits per heavy atom. The first kappa shape index (κ1) is 17.1. The van der Waals surface area contributed by atoms with E-state index in [-0.39, 0.29) is 17.1 Å². The second-order valence-corrected chi connectivity index (χ2v) is 5.58. The quantitative estimate of drug-likeness (QED) is 0.531. The number of aromatic amines is 1. The van der Waals surface area contributed by atoms with E-state index in [0.29, 0.717) is 11.3 Å². The van der Waals surface area contributed by atoms with Crippen molar-refractivity contribution in [1.29, 1.82) is 0 Å². The molecule has 0 amide bonds. The lowest BCUT2D eigenvalue weighted by Crippen LogP contribution is -2.10. The molecule has 9 nitrogen and oxygen atoms in total. The first-order valence-corrected chi connectivity index (χ1v) is 7.61. The molecule has 0 aliphatic heterocycles. The summed E-state index contributed by atoms with van der Waals surface area (Å²) < 4.78 is 5.92. The van der Waals surface area contributed by atoms with Gasteiger partial charge in [0.1, 0.15) is 11.4 Å². The first-order valence-electron chi connectivity index (χ1n) is 7.61. The molecule has 0 radical (unpaired) electrons. The van der Waals surface area contributed by atoms with Crippen molar-refractivity contribution in [1.82, 2.24) is 10.2 Å². The number of rotatable bonds is 6. The Bertz CT molecular complexity index is 969. The third-order valence-corrected chi connectivity index (χ3v) is 3.66. The summed E-state index contributed by atoms with van der Waals surface area (Å²) in [5.74, 6) is 0.261. The Balaban J connectivity index is 2.02. The fourth-order valence-electron chi connectivity index (χ4n) is 2.48. The van der Waals surface area contributed by atoms with Gasteiger partial charge in [-0.15, -0.1) is 0 Å². The largest absolute Gasteiger partial charge is 0.479 e. The second-order valence-electron chi connectivity index (χ2n) is 5.58. The van der Waals surface area contributed by atoms with Crippen molar-refractivity contribution in [3.63, 3.8) is 0 Å². The van der Waals surface area contributed by atoms with Gasteiger partial charge in [-0.25, -0.2) is 0 Å². The molecule has 1 heterocycles. The zero-order valence-electron chi connectivity index (χ0n) is 13.7. The van der Waals surface area contributed by atoms with E-state index in [4.69, 9.17) is 4.74 Å². The maximum absolute atomic E-state index is 11.1. The Morgan fingerprint density at radius 2 is 1.65 bits per heavy atom. The number of ether oxygens (including phenoxy) is 1. The highest BCUT2D eigenvalue weighted by atomic mass is 16.6. The number of hydrogen-bond acceptors (Lipinski definition) is 6. The molecule has 9 heteroatoms. The molecule has 0 aliphatic rings. The van der Waals surface area contributed by atoms with Gasteiger partial charge in [-0.2, -0.15) is 5.10 Å². The Labute approximate surface area is 147 Å². The zero-order chi connectivity index (χ0) is 18.7. The predicted molar refractivity (Wildman–Crippen MR) is 92.0 cm³/mol. The number of nitrogens with zero attached hydrogens (tertiary/aromatic N) is 3. The summed E-state index contributed by atoms with van der Waals surface area (Å²) in [5.41, 5.74) is 1.62. The number of non-ortho nitro benzene ring substituents is 2. The molecule has 0 saturated heterocycles. The van der Waals surface area contributed by atoms with Crippen LogP contribution in [0.5, 0.6) is 5.75 Å². The normalized spacial score (nSPS) is 11.7. The summed E-state index contributed by atoms with van der Waals surface area (Å²) >= 11 is 0. The molecule has 3 aromatic rings. The molecule has 26 heavy (non-hydrogen) atoms.